The second-order valence-electron chi connectivity index (χ2n) is 6.14. The molecule has 27 heavy (non-hydrogen) atoms. The van der Waals surface area contributed by atoms with E-state index in [-0.39, 0.29) is 36.7 Å². The molecule has 0 radical (unpaired) electrons. The van der Waals surface area contributed by atoms with E-state index in [0.717, 1.165) is 5.52 Å². The van der Waals surface area contributed by atoms with Gasteiger partial charge in [-0.2, -0.15) is 0 Å². The second-order valence-corrected chi connectivity index (χ2v) is 7.00. The van der Waals surface area contributed by atoms with Gasteiger partial charge >= 0.3 is 11.7 Å². The SMILES string of the molecule is COC(=O)C1=C(Nc2cc3c(cc2Br)n(C)c(=O)n3C)C(=O)N(CCO)C1. The van der Waals surface area contributed by atoms with Crippen LogP contribution < -0.4 is 11.0 Å². The number of methoxy groups -OCH3 is 1. The molecule has 3 rings (SSSR count). The topological polar surface area (TPSA) is 106 Å². The maximum absolute atomic E-state index is 12.6. The number of aliphatic hydroxyl groups is 1. The van der Waals surface area contributed by atoms with Crippen LogP contribution in [0.3, 0.4) is 0 Å². The Morgan fingerprint density at radius 2 is 1.89 bits per heavy atom. The lowest BCUT2D eigenvalue weighted by molar-refractivity contribution is -0.136. The number of nitrogens with one attached hydrogen (secondary N) is 1. The number of β-amino-alcohol motifs (C(OH)–C–C–N with tert-alkyl or cyclic N) is 1. The molecule has 2 N–H and O–H groups in total. The third-order valence-electron chi connectivity index (χ3n) is 4.57. The fourth-order valence-electron chi connectivity index (χ4n) is 3.10. The van der Waals surface area contributed by atoms with E-state index in [1.165, 1.54) is 21.1 Å². The summed E-state index contributed by atoms with van der Waals surface area (Å²) in [6.07, 6.45) is 0. The number of imidazole rings is 1. The normalized spacial score (nSPS) is 14.4. The van der Waals surface area contributed by atoms with E-state index in [1.54, 1.807) is 26.2 Å². The molecule has 0 aliphatic carbocycles. The number of halogens is 1. The van der Waals surface area contributed by atoms with E-state index in [0.29, 0.717) is 15.7 Å². The highest BCUT2D eigenvalue weighted by Gasteiger charge is 2.34. The van der Waals surface area contributed by atoms with Crippen molar-refractivity contribution >= 4 is 44.5 Å². The molecule has 10 heteroatoms. The zero-order chi connectivity index (χ0) is 19.9. The number of carbonyl (C=O) groups is 2. The van der Waals surface area contributed by atoms with Gasteiger partial charge in [-0.15, -0.1) is 0 Å². The largest absolute Gasteiger partial charge is 0.466 e. The number of anilines is 1. The summed E-state index contributed by atoms with van der Waals surface area (Å²) >= 11 is 3.44. The van der Waals surface area contributed by atoms with E-state index in [2.05, 4.69) is 21.2 Å². The highest BCUT2D eigenvalue weighted by molar-refractivity contribution is 9.10. The van der Waals surface area contributed by atoms with Crippen LogP contribution in [0.15, 0.2) is 32.7 Å². The Hall–Kier alpha value is -2.59. The fraction of sp³-hybridized carbons (Fsp3) is 0.353. The molecular formula is C17H19BrN4O5. The van der Waals surface area contributed by atoms with Crippen LogP contribution in [0.4, 0.5) is 5.69 Å². The van der Waals surface area contributed by atoms with Crippen molar-refractivity contribution in [2.45, 2.75) is 0 Å². The predicted octanol–water partition coefficient (Wildman–Crippen LogP) is 0.313. The molecule has 1 aliphatic rings. The summed E-state index contributed by atoms with van der Waals surface area (Å²) in [6, 6.07) is 3.49. The van der Waals surface area contributed by atoms with Crippen molar-refractivity contribution in [3.05, 3.63) is 38.4 Å². The fourth-order valence-corrected chi connectivity index (χ4v) is 3.53. The minimum Gasteiger partial charge on any atom is -0.466 e. The van der Waals surface area contributed by atoms with E-state index < -0.39 is 11.9 Å². The number of nitrogens with zero attached hydrogens (tertiary/aromatic N) is 3. The Morgan fingerprint density at radius 3 is 2.48 bits per heavy atom. The molecule has 0 spiro atoms. The molecule has 0 fully saturated rings. The van der Waals surface area contributed by atoms with Crippen molar-refractivity contribution in [3.8, 4) is 0 Å². The number of hydrogen-bond donors (Lipinski definition) is 2. The quantitative estimate of drug-likeness (QED) is 0.650. The van der Waals surface area contributed by atoms with Gasteiger partial charge in [-0.3, -0.25) is 13.9 Å². The highest BCUT2D eigenvalue weighted by atomic mass is 79.9. The molecule has 9 nitrogen and oxygen atoms in total. The summed E-state index contributed by atoms with van der Waals surface area (Å²) in [5.74, 6) is -1.02. The number of ether oxygens (including phenoxy) is 1. The number of rotatable bonds is 5. The van der Waals surface area contributed by atoms with E-state index in [9.17, 15) is 14.4 Å². The Labute approximate surface area is 162 Å². The predicted molar refractivity (Wildman–Crippen MR) is 102 cm³/mol. The monoisotopic (exact) mass is 438 g/mol. The number of fused-ring (bicyclic) bond motifs is 1. The van der Waals surface area contributed by atoms with Crippen LogP contribution in [0.25, 0.3) is 11.0 Å². The second kappa shape index (κ2) is 7.20. The van der Waals surface area contributed by atoms with E-state index in [4.69, 9.17) is 9.84 Å². The van der Waals surface area contributed by atoms with Gasteiger partial charge in [-0.25, -0.2) is 9.59 Å². The number of carbonyl (C=O) groups excluding carboxylic acids is 2. The summed E-state index contributed by atoms with van der Waals surface area (Å²) in [6.45, 7) is -0.0504. The number of aliphatic hydroxyl groups excluding tert-OH is 1. The minimum absolute atomic E-state index is 0.0537. The lowest BCUT2D eigenvalue weighted by atomic mass is 10.2. The smallest absolute Gasteiger partial charge is 0.337 e. The number of aromatic nitrogens is 2. The van der Waals surface area contributed by atoms with Gasteiger partial charge < -0.3 is 20.1 Å². The zero-order valence-corrected chi connectivity index (χ0v) is 16.7. The van der Waals surface area contributed by atoms with Crippen LogP contribution in [0.5, 0.6) is 0 Å². The van der Waals surface area contributed by atoms with Crippen molar-refractivity contribution in [1.82, 2.24) is 14.0 Å². The first-order chi connectivity index (χ1) is 12.8. The third-order valence-corrected chi connectivity index (χ3v) is 5.23. The van der Waals surface area contributed by atoms with E-state index >= 15 is 0 Å². The van der Waals surface area contributed by atoms with Crippen molar-refractivity contribution in [2.24, 2.45) is 14.1 Å². The van der Waals surface area contributed by atoms with Crippen molar-refractivity contribution in [3.63, 3.8) is 0 Å². The molecule has 0 bridgehead atoms. The third kappa shape index (κ3) is 3.15. The molecule has 1 aromatic heterocycles. The molecule has 144 valence electrons. The maximum Gasteiger partial charge on any atom is 0.337 e. The van der Waals surface area contributed by atoms with Crippen LogP contribution in [-0.4, -0.2) is 57.8 Å². The van der Waals surface area contributed by atoms with Gasteiger partial charge in [0.1, 0.15) is 5.70 Å². The number of amides is 1. The molecule has 1 aromatic carbocycles. The first-order valence-electron chi connectivity index (χ1n) is 8.13. The summed E-state index contributed by atoms with van der Waals surface area (Å²) in [4.78, 5) is 38.2. The number of aryl methyl sites for hydroxylation is 2. The van der Waals surface area contributed by atoms with Gasteiger partial charge in [0.2, 0.25) is 0 Å². The standard InChI is InChI=1S/C17H19BrN4O5/c1-20-12-6-10(18)11(7-13(12)21(2)17(20)26)19-14-9(16(25)27-3)8-22(4-5-23)15(14)24/h6-7,19,23H,4-5,8H2,1-3H3. The molecule has 0 saturated heterocycles. The number of benzene rings is 1. The lowest BCUT2D eigenvalue weighted by Gasteiger charge is -2.15. The van der Waals surface area contributed by atoms with Crippen LogP contribution in [0, 0.1) is 0 Å². The molecular weight excluding hydrogens is 420 g/mol. The van der Waals surface area contributed by atoms with Crippen molar-refractivity contribution in [1.29, 1.82) is 0 Å². The van der Waals surface area contributed by atoms with Gasteiger partial charge in [-0.05, 0) is 28.1 Å². The number of esters is 1. The number of hydrogen-bond acceptors (Lipinski definition) is 6. The molecule has 1 aliphatic heterocycles. The summed E-state index contributed by atoms with van der Waals surface area (Å²) in [7, 11) is 4.58. The first kappa shape index (κ1) is 19.2. The summed E-state index contributed by atoms with van der Waals surface area (Å²) in [5.41, 5.74) is 2.03. The van der Waals surface area contributed by atoms with Crippen LogP contribution in [0.1, 0.15) is 0 Å². The van der Waals surface area contributed by atoms with E-state index in [1.807, 2.05) is 0 Å². The Bertz CT molecular complexity index is 1040. The molecule has 0 saturated carbocycles. The zero-order valence-electron chi connectivity index (χ0n) is 15.1. The minimum atomic E-state index is -0.615. The summed E-state index contributed by atoms with van der Waals surface area (Å²) < 4.78 is 8.42. The van der Waals surface area contributed by atoms with Crippen LogP contribution >= 0.6 is 15.9 Å². The lowest BCUT2D eigenvalue weighted by Crippen LogP contribution is -2.31. The molecule has 2 heterocycles. The maximum atomic E-state index is 12.6. The van der Waals surface area contributed by atoms with Crippen LogP contribution in [-0.2, 0) is 28.4 Å². The Kier molecular flexibility index (Phi) is 5.11. The average Bonchev–Trinajstić information content (AvgIpc) is 3.06. The average molecular weight is 439 g/mol. The molecule has 1 amide bonds. The van der Waals surface area contributed by atoms with Gasteiger partial charge in [0.05, 0.1) is 42.6 Å². The first-order valence-corrected chi connectivity index (χ1v) is 8.93. The Balaban J connectivity index is 2.07. The Morgan fingerprint density at radius 1 is 1.26 bits per heavy atom. The molecule has 2 aromatic rings. The van der Waals surface area contributed by atoms with Gasteiger partial charge in [-0.1, -0.05) is 0 Å². The van der Waals surface area contributed by atoms with Crippen molar-refractivity contribution in [2.75, 3.05) is 32.1 Å². The van der Waals surface area contributed by atoms with Gasteiger partial charge in [0.25, 0.3) is 5.91 Å². The highest BCUT2D eigenvalue weighted by Crippen LogP contribution is 2.31. The van der Waals surface area contributed by atoms with Crippen LogP contribution in [0.2, 0.25) is 0 Å². The van der Waals surface area contributed by atoms with Crippen molar-refractivity contribution < 1.29 is 19.4 Å². The van der Waals surface area contributed by atoms with Gasteiger partial charge in [0.15, 0.2) is 0 Å². The molecule has 0 atom stereocenters. The van der Waals surface area contributed by atoms with Gasteiger partial charge in [0, 0.05) is 25.1 Å². The molecule has 0 unspecified atom stereocenters. The summed E-state index contributed by atoms with van der Waals surface area (Å²) in [5, 5.41) is 12.1.